The van der Waals surface area contributed by atoms with Crippen LogP contribution in [0.4, 0.5) is 56.9 Å². The van der Waals surface area contributed by atoms with E-state index in [0.717, 1.165) is 18.2 Å². The maximum atomic E-state index is 12.6. The number of aryl methyl sites for hydroxylation is 5. The average Bonchev–Trinajstić information content (AvgIpc) is 3.41. The quantitative estimate of drug-likeness (QED) is 0.0285. The Bertz CT molecular complexity index is 4150. The number of phenolic OH excluding ortho intramolecular Hbond substituents is 1. The van der Waals surface area contributed by atoms with Crippen LogP contribution in [0.25, 0.3) is 10.8 Å². The zero-order chi connectivity index (χ0) is 56.9. The molecule has 0 aliphatic rings. The first-order valence-corrected chi connectivity index (χ1v) is 28.5. The van der Waals surface area contributed by atoms with Crippen molar-refractivity contribution in [1.82, 2.24) is 0 Å². The predicted molar refractivity (Wildman–Crippen MR) is 285 cm³/mol. The van der Waals surface area contributed by atoms with Crippen molar-refractivity contribution in [2.45, 2.75) is 55.7 Å². The molecule has 406 valence electrons. The van der Waals surface area contributed by atoms with Gasteiger partial charge < -0.3 is 14.6 Å². The van der Waals surface area contributed by atoms with Gasteiger partial charge in [-0.15, -0.1) is 15.3 Å². The van der Waals surface area contributed by atoms with Crippen LogP contribution in [0.1, 0.15) is 34.2 Å². The van der Waals surface area contributed by atoms with Crippen molar-refractivity contribution in [3.8, 4) is 17.2 Å². The van der Waals surface area contributed by atoms with Crippen LogP contribution in [0.3, 0.4) is 0 Å². The number of ether oxygens (including phenoxy) is 2. The lowest BCUT2D eigenvalue weighted by Gasteiger charge is -2.11. The Morgan fingerprint density at radius 1 is 0.449 bits per heavy atom. The van der Waals surface area contributed by atoms with Crippen LogP contribution in [0.5, 0.6) is 17.2 Å². The number of azo groups is 5. The van der Waals surface area contributed by atoms with Gasteiger partial charge in [-0.1, -0.05) is 0 Å². The second kappa shape index (κ2) is 23.2. The summed E-state index contributed by atoms with van der Waals surface area (Å²) in [5.41, 5.74) is 4.53. The Balaban J connectivity index is 1.12. The number of fused-ring (bicyclic) bond motifs is 1. The van der Waals surface area contributed by atoms with E-state index >= 15 is 0 Å². The van der Waals surface area contributed by atoms with E-state index in [1.54, 1.807) is 89.2 Å². The van der Waals surface area contributed by atoms with E-state index in [0.29, 0.717) is 73.8 Å². The van der Waals surface area contributed by atoms with Gasteiger partial charge in [0.25, 0.3) is 40.5 Å². The number of phenols is 1. The minimum absolute atomic E-state index is 0.0127. The average molecular weight is 1140 g/mol. The molecule has 7 aromatic rings. The Kier molecular flexibility index (Phi) is 17.1. The fourth-order valence-corrected chi connectivity index (χ4v) is 9.59. The van der Waals surface area contributed by atoms with Gasteiger partial charge in [0.1, 0.15) is 38.4 Å². The van der Waals surface area contributed by atoms with Crippen molar-refractivity contribution < 1.29 is 66.5 Å². The van der Waals surface area contributed by atoms with Crippen molar-refractivity contribution in [3.05, 3.63) is 131 Å². The van der Waals surface area contributed by atoms with E-state index < -0.39 is 78.0 Å². The molecule has 0 saturated heterocycles. The molecule has 0 bridgehead atoms. The third-order valence-electron chi connectivity index (χ3n) is 11.3. The number of hydrogen-bond acceptors (Lipinski definition) is 21. The topological polar surface area (TPSA) is 380 Å². The van der Waals surface area contributed by atoms with Gasteiger partial charge in [0, 0.05) is 11.5 Å². The first kappa shape index (κ1) is 57.5. The van der Waals surface area contributed by atoms with E-state index in [1.807, 2.05) is 0 Å². The van der Waals surface area contributed by atoms with Crippen molar-refractivity contribution in [3.63, 3.8) is 0 Å². The highest BCUT2D eigenvalue weighted by Gasteiger charge is 2.24. The summed E-state index contributed by atoms with van der Waals surface area (Å²) in [6, 6.07) is 24.4. The highest BCUT2D eigenvalue weighted by atomic mass is 32.2. The van der Waals surface area contributed by atoms with E-state index in [-0.39, 0.29) is 40.9 Å². The van der Waals surface area contributed by atoms with Gasteiger partial charge in [-0.05, 0) is 171 Å². The Hall–Kier alpha value is -8.16. The van der Waals surface area contributed by atoms with Gasteiger partial charge in [0.15, 0.2) is 5.75 Å². The smallest absolute Gasteiger partial charge is 0.296 e. The summed E-state index contributed by atoms with van der Waals surface area (Å²) >= 11 is 0. The van der Waals surface area contributed by atoms with Crippen molar-refractivity contribution >= 4 is 108 Å². The SMILES string of the molecule is COc1ccc(N=Nc2ccc3c(O)c(N=Nc4cc(C)c(N=Nc5cc(C)c(N=Nc6cc(C)c(N=Nc7ccc(S(=O)(=O)O)cc7S(=O)(=O)O)cc6OCCCS(=O)(=O)O)cc5C)cc4C)c(S(=O)(=O)O)cc3c2)cc1. The Morgan fingerprint density at radius 2 is 0.910 bits per heavy atom. The Morgan fingerprint density at radius 3 is 1.41 bits per heavy atom. The Labute approximate surface area is 446 Å². The molecule has 0 unspecified atom stereocenters. The number of benzene rings is 7. The number of nitrogens with zero attached hydrogens (tertiary/aromatic N) is 10. The van der Waals surface area contributed by atoms with Gasteiger partial charge in [-0.25, -0.2) is 0 Å². The number of aromatic hydroxyl groups is 1. The molecule has 0 aliphatic carbocycles. The van der Waals surface area contributed by atoms with E-state index in [4.69, 9.17) is 9.47 Å². The van der Waals surface area contributed by atoms with E-state index in [2.05, 4.69) is 51.1 Å². The number of hydrogen-bond donors (Lipinski definition) is 5. The minimum atomic E-state index is -5.06. The summed E-state index contributed by atoms with van der Waals surface area (Å²) in [6.07, 6.45) is -0.135. The van der Waals surface area contributed by atoms with Crippen molar-refractivity contribution in [1.29, 1.82) is 0 Å². The zero-order valence-electron chi connectivity index (χ0n) is 41.9. The van der Waals surface area contributed by atoms with E-state index in [1.165, 1.54) is 31.4 Å². The lowest BCUT2D eigenvalue weighted by molar-refractivity contribution is 0.317. The van der Waals surface area contributed by atoms with Crippen LogP contribution in [-0.4, -0.2) is 76.5 Å². The second-order valence-electron chi connectivity index (χ2n) is 17.2. The minimum Gasteiger partial charge on any atom is -0.505 e. The molecule has 0 aromatic heterocycles. The van der Waals surface area contributed by atoms with Gasteiger partial charge in [-0.3, -0.25) is 18.2 Å². The second-order valence-corrected chi connectivity index (χ2v) is 22.9. The first-order chi connectivity index (χ1) is 36.6. The summed E-state index contributed by atoms with van der Waals surface area (Å²) in [5, 5.41) is 54.1. The van der Waals surface area contributed by atoms with Gasteiger partial charge in [0.05, 0.1) is 64.2 Å². The molecule has 0 atom stereocenters. The highest BCUT2D eigenvalue weighted by molar-refractivity contribution is 7.87. The summed E-state index contributed by atoms with van der Waals surface area (Å²) in [7, 11) is -17.6. The van der Waals surface area contributed by atoms with Gasteiger partial charge in [-0.2, -0.15) is 69.5 Å². The molecular formula is C49H46N10O15S4. The molecule has 7 rings (SSSR count). The molecule has 7 aromatic carbocycles. The van der Waals surface area contributed by atoms with Crippen LogP contribution in [0, 0.1) is 34.6 Å². The fourth-order valence-electron chi connectivity index (χ4n) is 7.22. The van der Waals surface area contributed by atoms with E-state index in [9.17, 15) is 57.0 Å². The predicted octanol–water partition coefficient (Wildman–Crippen LogP) is 13.6. The maximum Gasteiger partial charge on any atom is 0.296 e. The molecule has 0 fully saturated rings. The van der Waals surface area contributed by atoms with Gasteiger partial charge in [0.2, 0.25) is 0 Å². The molecule has 5 N–H and O–H groups in total. The van der Waals surface area contributed by atoms with Crippen LogP contribution < -0.4 is 9.47 Å². The van der Waals surface area contributed by atoms with Crippen LogP contribution in [0.15, 0.2) is 169 Å². The molecule has 29 heteroatoms. The molecule has 0 amide bonds. The summed E-state index contributed by atoms with van der Waals surface area (Å²) in [5.74, 6) is -0.519. The lowest BCUT2D eigenvalue weighted by atomic mass is 10.1. The summed E-state index contributed by atoms with van der Waals surface area (Å²) in [4.78, 5) is -2.48. The molecule has 0 aliphatic heterocycles. The van der Waals surface area contributed by atoms with Crippen LogP contribution >= 0.6 is 0 Å². The molecule has 0 saturated carbocycles. The lowest BCUT2D eigenvalue weighted by Crippen LogP contribution is -2.08. The third-order valence-corrected chi connectivity index (χ3v) is 14.7. The molecule has 0 heterocycles. The first-order valence-electron chi connectivity index (χ1n) is 22.6. The van der Waals surface area contributed by atoms with Crippen LogP contribution in [-0.2, 0) is 40.5 Å². The molecule has 78 heavy (non-hydrogen) atoms. The molecule has 0 radical (unpaired) electrons. The highest BCUT2D eigenvalue weighted by Crippen LogP contribution is 2.44. The molecule has 25 nitrogen and oxygen atoms in total. The van der Waals surface area contributed by atoms with Crippen molar-refractivity contribution in [2.24, 2.45) is 51.1 Å². The zero-order valence-corrected chi connectivity index (χ0v) is 45.1. The normalized spacial score (nSPS) is 12.8. The summed E-state index contributed by atoms with van der Waals surface area (Å²) in [6.45, 7) is 8.33. The fraction of sp³-hybridized carbons (Fsp3) is 0.184. The molecule has 0 spiro atoms. The van der Waals surface area contributed by atoms with Crippen LogP contribution in [0.2, 0.25) is 0 Å². The summed E-state index contributed by atoms with van der Waals surface area (Å²) < 4.78 is 145. The number of methoxy groups -OCH3 is 1. The van der Waals surface area contributed by atoms with Gasteiger partial charge >= 0.3 is 0 Å². The maximum absolute atomic E-state index is 12.6. The third kappa shape index (κ3) is 14.4. The largest absolute Gasteiger partial charge is 0.505 e. The monoisotopic (exact) mass is 1140 g/mol. The molecular weight excluding hydrogens is 1100 g/mol. The van der Waals surface area contributed by atoms with Crippen molar-refractivity contribution in [2.75, 3.05) is 19.5 Å². The number of rotatable bonds is 19. The standard InChI is InChI=1S/C49H46N10O15S4/c1-27-19-41(55-58-44-22-31(5)43(26-45(44)74-16-7-17-75(61,62)63)56-52-38-15-13-36(76(64,65)66)25-46(38)77(67,68)69)28(2)18-39(27)53-54-40-20-30(4)42(21-29(40)3)57-59-48-47(78(70,71)72)24-32-23-34(10-14-37(32)49(48)60)51-50-33-8-11-35(73-6)12-9-33/h8-15,18-26,60H,7,16-17H2,1-6H3,(H,61,62,63)(H,64,65,66)(H,67,68,69)(H,70,71,72).